The molecule has 0 spiro atoms. The van der Waals surface area contributed by atoms with Gasteiger partial charge in [-0.1, -0.05) is 23.7 Å². The average molecular weight is 437 g/mol. The van der Waals surface area contributed by atoms with Gasteiger partial charge in [-0.25, -0.2) is 0 Å². The van der Waals surface area contributed by atoms with Crippen LogP contribution in [0.4, 0.5) is 5.69 Å². The molecule has 0 saturated heterocycles. The molecule has 3 aromatic rings. The van der Waals surface area contributed by atoms with Gasteiger partial charge in [0.05, 0.1) is 40.0 Å². The van der Waals surface area contributed by atoms with Crippen molar-refractivity contribution in [2.24, 2.45) is 0 Å². The van der Waals surface area contributed by atoms with Crippen LogP contribution in [-0.2, 0) is 17.9 Å². The minimum Gasteiger partial charge on any atom is -0.321 e. The topological polar surface area (TPSA) is 64.7 Å². The van der Waals surface area contributed by atoms with Crippen LogP contribution in [0.5, 0.6) is 0 Å². The molecule has 0 bridgehead atoms. The molecule has 0 atom stereocenters. The largest absolute Gasteiger partial charge is 0.321 e. The van der Waals surface area contributed by atoms with Gasteiger partial charge in [0.15, 0.2) is 0 Å². The molecule has 3 rings (SSSR count). The first-order valence-corrected chi connectivity index (χ1v) is 9.28. The van der Waals surface area contributed by atoms with Crippen LogP contribution in [0.1, 0.15) is 22.6 Å². The number of hydrogen-bond acceptors (Lipinski definition) is 3. The van der Waals surface area contributed by atoms with E-state index in [2.05, 4.69) is 31.4 Å². The second kappa shape index (κ2) is 7.63. The van der Waals surface area contributed by atoms with Gasteiger partial charge in [0.25, 0.3) is 0 Å². The summed E-state index contributed by atoms with van der Waals surface area (Å²) in [5, 5.41) is 12.4. The van der Waals surface area contributed by atoms with Gasteiger partial charge < -0.3 is 5.32 Å². The highest BCUT2D eigenvalue weighted by molar-refractivity contribution is 9.10. The Balaban J connectivity index is 1.74. The molecule has 0 fully saturated rings. The van der Waals surface area contributed by atoms with Crippen LogP contribution in [0.15, 0.2) is 34.9 Å². The van der Waals surface area contributed by atoms with Gasteiger partial charge >= 0.3 is 0 Å². The van der Waals surface area contributed by atoms with Gasteiger partial charge in [-0.15, -0.1) is 0 Å². The lowest BCUT2D eigenvalue weighted by atomic mass is 10.2. The molecule has 0 saturated carbocycles. The third-order valence-electron chi connectivity index (χ3n) is 4.23. The van der Waals surface area contributed by atoms with E-state index in [1.165, 1.54) is 0 Å². The zero-order chi connectivity index (χ0) is 18.8. The van der Waals surface area contributed by atoms with Gasteiger partial charge in [-0.2, -0.15) is 10.2 Å². The molecule has 6 nitrogen and oxygen atoms in total. The van der Waals surface area contributed by atoms with E-state index >= 15 is 0 Å². The number of benzene rings is 1. The summed E-state index contributed by atoms with van der Waals surface area (Å²) < 4.78 is 4.42. The van der Waals surface area contributed by atoms with Crippen LogP contribution >= 0.6 is 27.5 Å². The first kappa shape index (κ1) is 18.7. The van der Waals surface area contributed by atoms with Gasteiger partial charge in [0.1, 0.15) is 6.54 Å². The van der Waals surface area contributed by atoms with E-state index in [0.717, 1.165) is 32.8 Å². The molecule has 0 aliphatic rings. The number of aromatic nitrogens is 4. The van der Waals surface area contributed by atoms with Crippen molar-refractivity contribution in [3.63, 3.8) is 0 Å². The lowest BCUT2D eigenvalue weighted by molar-refractivity contribution is -0.116. The molecule has 0 aliphatic heterocycles. The second-order valence-electron chi connectivity index (χ2n) is 6.11. The van der Waals surface area contributed by atoms with Crippen LogP contribution < -0.4 is 5.32 Å². The summed E-state index contributed by atoms with van der Waals surface area (Å²) in [7, 11) is 0. The van der Waals surface area contributed by atoms with E-state index in [9.17, 15) is 4.79 Å². The maximum atomic E-state index is 12.4. The van der Waals surface area contributed by atoms with Gasteiger partial charge in [0, 0.05) is 5.02 Å². The van der Waals surface area contributed by atoms with Crippen LogP contribution in [0.2, 0.25) is 5.02 Å². The fourth-order valence-electron chi connectivity index (χ4n) is 2.69. The average Bonchev–Trinajstić information content (AvgIpc) is 3.05. The maximum Gasteiger partial charge on any atom is 0.246 e. The van der Waals surface area contributed by atoms with Gasteiger partial charge in [-0.3, -0.25) is 14.2 Å². The zero-order valence-corrected chi connectivity index (χ0v) is 17.1. The summed E-state index contributed by atoms with van der Waals surface area (Å²) in [4.78, 5) is 12.4. The first-order chi connectivity index (χ1) is 12.3. The Labute approximate surface area is 165 Å². The number of rotatable bonds is 5. The number of nitrogens with zero attached hydrogens (tertiary/aromatic N) is 4. The Kier molecular flexibility index (Phi) is 5.48. The van der Waals surface area contributed by atoms with Crippen LogP contribution in [-0.4, -0.2) is 25.5 Å². The maximum absolute atomic E-state index is 12.4. The Hall–Kier alpha value is -2.12. The third kappa shape index (κ3) is 3.99. The van der Waals surface area contributed by atoms with Crippen molar-refractivity contribution in [3.8, 4) is 0 Å². The van der Waals surface area contributed by atoms with E-state index in [1.807, 2.05) is 49.7 Å². The molecule has 0 radical (unpaired) electrons. The van der Waals surface area contributed by atoms with Crippen molar-refractivity contribution >= 4 is 39.1 Å². The minimum atomic E-state index is -0.138. The number of carbonyl (C=O) groups is 1. The lowest BCUT2D eigenvalue weighted by Gasteiger charge is -2.08. The Morgan fingerprint density at radius 3 is 2.46 bits per heavy atom. The quantitative estimate of drug-likeness (QED) is 0.654. The summed E-state index contributed by atoms with van der Waals surface area (Å²) in [6.45, 7) is 6.51. The number of nitrogens with one attached hydrogen (secondary N) is 1. The predicted molar refractivity (Wildman–Crippen MR) is 106 cm³/mol. The zero-order valence-electron chi connectivity index (χ0n) is 14.8. The molecule has 136 valence electrons. The fourth-order valence-corrected chi connectivity index (χ4v) is 3.11. The second-order valence-corrected chi connectivity index (χ2v) is 7.40. The number of aryl methyl sites for hydroxylation is 1. The molecule has 0 aliphatic carbocycles. The van der Waals surface area contributed by atoms with Crippen LogP contribution in [0.25, 0.3) is 0 Å². The molecule has 2 aromatic heterocycles. The normalized spacial score (nSPS) is 11.0. The molecular formula is C18H19BrClN5O. The van der Waals surface area contributed by atoms with Gasteiger partial charge in [0.2, 0.25) is 5.91 Å². The minimum absolute atomic E-state index is 0.138. The highest BCUT2D eigenvalue weighted by Gasteiger charge is 2.16. The number of carbonyl (C=O) groups excluding carboxylic acids is 1. The number of anilines is 1. The van der Waals surface area contributed by atoms with Crippen molar-refractivity contribution in [1.29, 1.82) is 0 Å². The Morgan fingerprint density at radius 1 is 1.15 bits per heavy atom. The van der Waals surface area contributed by atoms with Crippen molar-refractivity contribution < 1.29 is 4.79 Å². The summed E-state index contributed by atoms with van der Waals surface area (Å²) in [6.07, 6.45) is 1.68. The summed E-state index contributed by atoms with van der Waals surface area (Å²) in [5.41, 5.74) is 4.43. The molecule has 0 unspecified atom stereocenters. The molecule has 26 heavy (non-hydrogen) atoms. The smallest absolute Gasteiger partial charge is 0.246 e. The lowest BCUT2D eigenvalue weighted by Crippen LogP contribution is -2.21. The van der Waals surface area contributed by atoms with E-state index in [4.69, 9.17) is 11.6 Å². The summed E-state index contributed by atoms with van der Waals surface area (Å²) in [6, 6.07) is 7.65. The van der Waals surface area contributed by atoms with Crippen molar-refractivity contribution in [3.05, 3.63) is 62.6 Å². The van der Waals surface area contributed by atoms with Crippen LogP contribution in [0, 0.1) is 20.8 Å². The fraction of sp³-hybridized carbons (Fsp3) is 0.278. The SMILES string of the molecule is Cc1nn(Cc2ccc(Cl)cc2)c(C)c1NC(=O)Cn1ncc(Br)c1C. The van der Waals surface area contributed by atoms with Crippen LogP contribution in [0.3, 0.4) is 0 Å². The highest BCUT2D eigenvalue weighted by atomic mass is 79.9. The van der Waals surface area contributed by atoms with E-state index < -0.39 is 0 Å². The van der Waals surface area contributed by atoms with Crippen molar-refractivity contribution in [2.75, 3.05) is 5.32 Å². The van der Waals surface area contributed by atoms with Crippen molar-refractivity contribution in [1.82, 2.24) is 19.6 Å². The molecule has 2 heterocycles. The monoisotopic (exact) mass is 435 g/mol. The number of amides is 1. The standard InChI is InChI=1S/C18H19BrClN5O/c1-11-18(22-17(26)10-24-12(2)16(19)8-21-24)13(3)25(23-11)9-14-4-6-15(20)7-5-14/h4-8H,9-10H2,1-3H3,(H,22,26). The summed E-state index contributed by atoms with van der Waals surface area (Å²) >= 11 is 9.33. The summed E-state index contributed by atoms with van der Waals surface area (Å²) in [5.74, 6) is -0.138. The Morgan fingerprint density at radius 2 is 1.85 bits per heavy atom. The number of hydrogen-bond donors (Lipinski definition) is 1. The molecule has 1 aromatic carbocycles. The van der Waals surface area contributed by atoms with E-state index in [0.29, 0.717) is 11.6 Å². The highest BCUT2D eigenvalue weighted by Crippen LogP contribution is 2.21. The molecule has 8 heteroatoms. The van der Waals surface area contributed by atoms with Crippen molar-refractivity contribution in [2.45, 2.75) is 33.9 Å². The Bertz CT molecular complexity index is 945. The predicted octanol–water partition coefficient (Wildman–Crippen LogP) is 4.11. The van der Waals surface area contributed by atoms with Gasteiger partial charge in [-0.05, 0) is 54.4 Å². The first-order valence-electron chi connectivity index (χ1n) is 8.11. The van der Waals surface area contributed by atoms with E-state index in [-0.39, 0.29) is 12.5 Å². The third-order valence-corrected chi connectivity index (χ3v) is 5.26. The molecule has 1 N–H and O–H groups in total. The van der Waals surface area contributed by atoms with E-state index in [1.54, 1.807) is 10.9 Å². The molecule has 1 amide bonds. The number of halogens is 2. The molecular weight excluding hydrogens is 418 g/mol.